The van der Waals surface area contributed by atoms with Gasteiger partial charge in [0.25, 0.3) is 10.0 Å². The number of anilines is 1. The predicted octanol–water partition coefficient (Wildman–Crippen LogP) is 5.97. The SMILES string of the molecule is COc1ccc(C=CC=CC(=O)c2ccc(NS(=O)(=O)c3ccc(C(F)(F)F)cc3)cc2)cc1. The lowest BCUT2D eigenvalue weighted by Crippen LogP contribution is -2.13. The second-order valence-corrected chi connectivity index (χ2v) is 8.74. The molecule has 0 bridgehead atoms. The highest BCUT2D eigenvalue weighted by Crippen LogP contribution is 2.30. The summed E-state index contributed by atoms with van der Waals surface area (Å²) in [7, 11) is -2.51. The Kier molecular flexibility index (Phi) is 7.57. The molecular formula is C25H20F3NO4S. The minimum Gasteiger partial charge on any atom is -0.497 e. The maximum atomic E-state index is 12.7. The van der Waals surface area contributed by atoms with E-state index in [-0.39, 0.29) is 16.4 Å². The minimum absolute atomic E-state index is 0.167. The molecule has 0 aromatic heterocycles. The van der Waals surface area contributed by atoms with Crippen LogP contribution >= 0.6 is 0 Å². The third-order valence-corrected chi connectivity index (χ3v) is 6.07. The maximum Gasteiger partial charge on any atom is 0.416 e. The van der Waals surface area contributed by atoms with E-state index in [2.05, 4.69) is 4.72 Å². The van der Waals surface area contributed by atoms with Crippen molar-refractivity contribution in [3.8, 4) is 5.75 Å². The maximum absolute atomic E-state index is 12.7. The second-order valence-electron chi connectivity index (χ2n) is 7.06. The average molecular weight is 487 g/mol. The van der Waals surface area contributed by atoms with Gasteiger partial charge in [-0.25, -0.2) is 8.42 Å². The quantitative estimate of drug-likeness (QED) is 0.242. The molecule has 0 spiro atoms. The molecule has 0 radical (unpaired) electrons. The van der Waals surface area contributed by atoms with E-state index in [1.54, 1.807) is 19.3 Å². The molecule has 0 atom stereocenters. The zero-order valence-electron chi connectivity index (χ0n) is 17.9. The van der Waals surface area contributed by atoms with Gasteiger partial charge in [0.15, 0.2) is 5.78 Å². The van der Waals surface area contributed by atoms with Crippen LogP contribution in [-0.2, 0) is 16.2 Å². The highest BCUT2D eigenvalue weighted by molar-refractivity contribution is 7.92. The Morgan fingerprint density at radius 2 is 1.50 bits per heavy atom. The number of ether oxygens (including phenoxy) is 1. The molecule has 9 heteroatoms. The molecule has 0 aliphatic carbocycles. The van der Waals surface area contributed by atoms with E-state index >= 15 is 0 Å². The van der Waals surface area contributed by atoms with Gasteiger partial charge in [-0.3, -0.25) is 9.52 Å². The Bertz CT molecular complexity index is 1290. The Labute approximate surface area is 195 Å². The molecule has 176 valence electrons. The van der Waals surface area contributed by atoms with Crippen LogP contribution in [0.4, 0.5) is 18.9 Å². The number of halogens is 3. The van der Waals surface area contributed by atoms with E-state index in [1.807, 2.05) is 30.3 Å². The third-order valence-electron chi connectivity index (χ3n) is 4.68. The van der Waals surface area contributed by atoms with Gasteiger partial charge in [0, 0.05) is 11.3 Å². The first-order chi connectivity index (χ1) is 16.1. The van der Waals surface area contributed by atoms with E-state index in [0.29, 0.717) is 17.7 Å². The molecule has 3 rings (SSSR count). The van der Waals surface area contributed by atoms with Crippen LogP contribution in [0.25, 0.3) is 6.08 Å². The zero-order chi connectivity index (χ0) is 24.8. The average Bonchev–Trinajstić information content (AvgIpc) is 2.82. The van der Waals surface area contributed by atoms with Gasteiger partial charge < -0.3 is 4.74 Å². The number of sulfonamides is 1. The van der Waals surface area contributed by atoms with Gasteiger partial charge in [0.1, 0.15) is 5.75 Å². The number of nitrogens with one attached hydrogen (secondary N) is 1. The number of carbonyl (C=O) groups is 1. The summed E-state index contributed by atoms with van der Waals surface area (Å²) in [6.07, 6.45) is 1.95. The van der Waals surface area contributed by atoms with Crippen LogP contribution < -0.4 is 9.46 Å². The topological polar surface area (TPSA) is 72.5 Å². The molecule has 0 aliphatic rings. The highest BCUT2D eigenvalue weighted by atomic mass is 32.2. The number of rotatable bonds is 8. The highest BCUT2D eigenvalue weighted by Gasteiger charge is 2.30. The van der Waals surface area contributed by atoms with Gasteiger partial charge in [-0.15, -0.1) is 0 Å². The molecule has 0 saturated heterocycles. The van der Waals surface area contributed by atoms with E-state index in [1.165, 1.54) is 30.3 Å². The van der Waals surface area contributed by atoms with Crippen molar-refractivity contribution in [1.29, 1.82) is 0 Å². The van der Waals surface area contributed by atoms with Gasteiger partial charge >= 0.3 is 6.18 Å². The molecule has 34 heavy (non-hydrogen) atoms. The summed E-state index contributed by atoms with van der Waals surface area (Å²) >= 11 is 0. The number of carbonyl (C=O) groups excluding carboxylic acids is 1. The lowest BCUT2D eigenvalue weighted by Gasteiger charge is -2.10. The predicted molar refractivity (Wildman–Crippen MR) is 124 cm³/mol. The Morgan fingerprint density at radius 1 is 0.882 bits per heavy atom. The van der Waals surface area contributed by atoms with E-state index in [0.717, 1.165) is 23.4 Å². The third kappa shape index (κ3) is 6.58. The first-order valence-corrected chi connectivity index (χ1v) is 11.4. The summed E-state index contributed by atoms with van der Waals surface area (Å²) in [5.74, 6) is 0.462. The van der Waals surface area contributed by atoms with Crippen LogP contribution in [0.15, 0.2) is 95.9 Å². The zero-order valence-corrected chi connectivity index (χ0v) is 18.7. The number of ketones is 1. The van der Waals surface area contributed by atoms with Gasteiger partial charge in [0.2, 0.25) is 0 Å². The molecule has 0 fully saturated rings. The number of hydrogen-bond acceptors (Lipinski definition) is 4. The molecule has 0 amide bonds. The van der Waals surface area contributed by atoms with Crippen LogP contribution in [-0.4, -0.2) is 21.3 Å². The van der Waals surface area contributed by atoms with Crippen LogP contribution in [0.3, 0.4) is 0 Å². The fourth-order valence-corrected chi connectivity index (χ4v) is 3.92. The van der Waals surface area contributed by atoms with Crippen LogP contribution in [0.5, 0.6) is 5.75 Å². The number of benzene rings is 3. The smallest absolute Gasteiger partial charge is 0.416 e. The summed E-state index contributed by atoms with van der Waals surface area (Å²) in [4.78, 5) is 12.0. The molecule has 0 aliphatic heterocycles. The van der Waals surface area contributed by atoms with Crippen molar-refractivity contribution >= 4 is 27.6 Å². The van der Waals surface area contributed by atoms with E-state index in [4.69, 9.17) is 4.74 Å². The van der Waals surface area contributed by atoms with Crippen molar-refractivity contribution in [2.45, 2.75) is 11.1 Å². The van der Waals surface area contributed by atoms with Crippen molar-refractivity contribution in [3.05, 3.63) is 108 Å². The van der Waals surface area contributed by atoms with Gasteiger partial charge in [-0.2, -0.15) is 13.2 Å². The monoisotopic (exact) mass is 487 g/mol. The van der Waals surface area contributed by atoms with Crippen LogP contribution in [0, 0.1) is 0 Å². The second kappa shape index (κ2) is 10.4. The Morgan fingerprint density at radius 3 is 2.06 bits per heavy atom. The molecule has 0 unspecified atom stereocenters. The number of hydrogen-bond donors (Lipinski definition) is 1. The fraction of sp³-hybridized carbons (Fsp3) is 0.0800. The molecule has 1 N–H and O–H groups in total. The fourth-order valence-electron chi connectivity index (χ4n) is 2.86. The Hall–Kier alpha value is -3.85. The largest absolute Gasteiger partial charge is 0.497 e. The number of alkyl halides is 3. The van der Waals surface area contributed by atoms with Crippen molar-refractivity contribution in [2.75, 3.05) is 11.8 Å². The number of allylic oxidation sites excluding steroid dienone is 3. The lowest BCUT2D eigenvalue weighted by molar-refractivity contribution is -0.137. The summed E-state index contributed by atoms with van der Waals surface area (Å²) in [6, 6.07) is 16.2. The van der Waals surface area contributed by atoms with E-state index < -0.39 is 21.8 Å². The van der Waals surface area contributed by atoms with Gasteiger partial charge in [-0.1, -0.05) is 30.4 Å². The summed E-state index contributed by atoms with van der Waals surface area (Å²) < 4.78 is 70.2. The molecule has 5 nitrogen and oxygen atoms in total. The summed E-state index contributed by atoms with van der Waals surface area (Å²) in [5, 5.41) is 0. The molecule has 3 aromatic carbocycles. The van der Waals surface area contributed by atoms with Crippen molar-refractivity contribution in [3.63, 3.8) is 0 Å². The molecule has 3 aromatic rings. The standard InChI is InChI=1S/C25H20F3NO4S/c1-33-22-14-6-18(7-15-22)4-2-3-5-24(30)19-8-12-21(13-9-19)29-34(31,32)23-16-10-20(11-17-23)25(26,27)28/h2-17,29H,1H3. The van der Waals surface area contributed by atoms with Gasteiger partial charge in [0.05, 0.1) is 17.6 Å². The first kappa shape index (κ1) is 24.8. The molecular weight excluding hydrogens is 467 g/mol. The van der Waals surface area contributed by atoms with Gasteiger partial charge in [-0.05, 0) is 72.3 Å². The van der Waals surface area contributed by atoms with Crippen LogP contribution in [0.2, 0.25) is 0 Å². The summed E-state index contributed by atoms with van der Waals surface area (Å²) in [5.41, 5.74) is 0.496. The van der Waals surface area contributed by atoms with E-state index in [9.17, 15) is 26.4 Å². The van der Waals surface area contributed by atoms with Crippen molar-refractivity contribution in [2.24, 2.45) is 0 Å². The first-order valence-electron chi connectivity index (χ1n) is 9.92. The minimum atomic E-state index is -4.56. The molecule has 0 heterocycles. The lowest BCUT2D eigenvalue weighted by atomic mass is 10.1. The number of methoxy groups -OCH3 is 1. The summed E-state index contributed by atoms with van der Waals surface area (Å²) in [6.45, 7) is 0. The normalized spacial score (nSPS) is 12.2. The van der Waals surface area contributed by atoms with Crippen molar-refractivity contribution < 1.29 is 31.1 Å². The van der Waals surface area contributed by atoms with Crippen LogP contribution in [0.1, 0.15) is 21.5 Å². The van der Waals surface area contributed by atoms with Crippen molar-refractivity contribution in [1.82, 2.24) is 0 Å². The Balaban J connectivity index is 1.61. The molecule has 0 saturated carbocycles.